The molecule has 5 nitrogen and oxygen atoms in total. The summed E-state index contributed by atoms with van der Waals surface area (Å²) >= 11 is 0. The Bertz CT molecular complexity index is 747. The number of halogens is 2. The van der Waals surface area contributed by atoms with Gasteiger partial charge in [0.2, 0.25) is 5.91 Å². The van der Waals surface area contributed by atoms with Gasteiger partial charge in [-0.3, -0.25) is 4.79 Å². The largest absolute Gasteiger partial charge is 0.326 e. The molecule has 1 aliphatic rings. The van der Waals surface area contributed by atoms with Gasteiger partial charge in [0, 0.05) is 17.9 Å². The summed E-state index contributed by atoms with van der Waals surface area (Å²) in [5, 5.41) is 5.14. The number of anilines is 2. The van der Waals surface area contributed by atoms with Crippen LogP contribution in [0.4, 0.5) is 25.0 Å². The molecule has 0 radical (unpaired) electrons. The Morgan fingerprint density at radius 3 is 2.21 bits per heavy atom. The Morgan fingerprint density at radius 2 is 1.58 bits per heavy atom. The van der Waals surface area contributed by atoms with Crippen LogP contribution < -0.4 is 15.5 Å². The molecule has 0 bridgehead atoms. The van der Waals surface area contributed by atoms with Crippen molar-refractivity contribution in [1.29, 1.82) is 0 Å². The van der Waals surface area contributed by atoms with Crippen LogP contribution in [0.25, 0.3) is 0 Å². The first-order chi connectivity index (χ1) is 11.5. The first-order valence-corrected chi connectivity index (χ1v) is 7.43. The lowest BCUT2D eigenvalue weighted by Crippen LogP contribution is -2.43. The van der Waals surface area contributed by atoms with Crippen LogP contribution in [0.1, 0.15) is 6.42 Å². The Hall–Kier alpha value is -2.96. The highest BCUT2D eigenvalue weighted by atomic mass is 19.1. The number of carbonyl (C=O) groups is 2. The fourth-order valence-electron chi connectivity index (χ4n) is 2.55. The molecule has 2 aromatic carbocycles. The molecule has 1 fully saturated rings. The topological polar surface area (TPSA) is 61.4 Å². The number of nitrogens with one attached hydrogen (secondary N) is 2. The van der Waals surface area contributed by atoms with Crippen LogP contribution in [0.5, 0.6) is 0 Å². The predicted octanol–water partition coefficient (Wildman–Crippen LogP) is 2.89. The van der Waals surface area contributed by atoms with Crippen molar-refractivity contribution in [3.8, 4) is 0 Å². The van der Waals surface area contributed by atoms with Crippen LogP contribution >= 0.6 is 0 Å². The zero-order valence-electron chi connectivity index (χ0n) is 12.6. The molecule has 1 aliphatic heterocycles. The van der Waals surface area contributed by atoms with Crippen molar-refractivity contribution in [3.05, 3.63) is 60.2 Å². The minimum absolute atomic E-state index is 0.254. The van der Waals surface area contributed by atoms with Gasteiger partial charge in [0.15, 0.2) is 0 Å². The van der Waals surface area contributed by atoms with E-state index in [0.29, 0.717) is 24.3 Å². The summed E-state index contributed by atoms with van der Waals surface area (Å²) in [6.45, 7) is 0.436. The lowest BCUT2D eigenvalue weighted by molar-refractivity contribution is -0.118. The first-order valence-electron chi connectivity index (χ1n) is 7.43. The van der Waals surface area contributed by atoms with Gasteiger partial charge < -0.3 is 15.5 Å². The van der Waals surface area contributed by atoms with E-state index >= 15 is 0 Å². The number of hydrogen-bond acceptors (Lipinski definition) is 2. The Labute approximate surface area is 137 Å². The summed E-state index contributed by atoms with van der Waals surface area (Å²) in [7, 11) is 0. The highest BCUT2D eigenvalue weighted by molar-refractivity contribution is 6.02. The monoisotopic (exact) mass is 331 g/mol. The summed E-state index contributed by atoms with van der Waals surface area (Å²) in [5.74, 6) is -1.03. The van der Waals surface area contributed by atoms with Crippen molar-refractivity contribution in [3.63, 3.8) is 0 Å². The molecule has 1 saturated heterocycles. The fourth-order valence-corrected chi connectivity index (χ4v) is 2.55. The molecule has 1 heterocycles. The molecule has 0 saturated carbocycles. The normalized spacial score (nSPS) is 17.0. The number of hydrogen-bond donors (Lipinski definition) is 2. The number of carbonyl (C=O) groups excluding carboxylic acids is 2. The lowest BCUT2D eigenvalue weighted by Gasteiger charge is -2.17. The molecule has 0 spiro atoms. The minimum atomic E-state index is -0.657. The third-order valence-corrected chi connectivity index (χ3v) is 3.75. The molecule has 124 valence electrons. The molecule has 1 atom stereocenters. The number of benzene rings is 2. The van der Waals surface area contributed by atoms with E-state index in [4.69, 9.17) is 0 Å². The van der Waals surface area contributed by atoms with Crippen molar-refractivity contribution >= 4 is 23.3 Å². The second-order valence-corrected chi connectivity index (χ2v) is 5.41. The molecule has 24 heavy (non-hydrogen) atoms. The van der Waals surface area contributed by atoms with E-state index in [1.54, 1.807) is 0 Å². The average molecular weight is 331 g/mol. The fraction of sp³-hybridized carbons (Fsp3) is 0.176. The SMILES string of the molecule is O=C(Nc1ccc(F)cc1)N[C@@H]1CCN(c2ccc(F)cc2)C1=O. The number of rotatable bonds is 3. The second-order valence-electron chi connectivity index (χ2n) is 5.41. The molecule has 2 aromatic rings. The van der Waals surface area contributed by atoms with E-state index in [1.807, 2.05) is 0 Å². The average Bonchev–Trinajstić information content (AvgIpc) is 2.91. The van der Waals surface area contributed by atoms with Crippen molar-refractivity contribution in [2.45, 2.75) is 12.5 Å². The molecule has 3 rings (SSSR count). The summed E-state index contributed by atoms with van der Waals surface area (Å²) in [6.07, 6.45) is 0.451. The number of urea groups is 1. The number of nitrogens with zero attached hydrogens (tertiary/aromatic N) is 1. The Morgan fingerprint density at radius 1 is 1.00 bits per heavy atom. The van der Waals surface area contributed by atoms with Crippen LogP contribution in [0.2, 0.25) is 0 Å². The maximum atomic E-state index is 13.0. The molecule has 7 heteroatoms. The van der Waals surface area contributed by atoms with Gasteiger partial charge in [-0.15, -0.1) is 0 Å². The highest BCUT2D eigenvalue weighted by Gasteiger charge is 2.33. The van der Waals surface area contributed by atoms with Gasteiger partial charge in [0.1, 0.15) is 17.7 Å². The first kappa shape index (κ1) is 15.9. The summed E-state index contributed by atoms with van der Waals surface area (Å²) < 4.78 is 25.8. The van der Waals surface area contributed by atoms with Crippen LogP contribution in [-0.2, 0) is 4.79 Å². The van der Waals surface area contributed by atoms with E-state index in [0.717, 1.165) is 0 Å². The van der Waals surface area contributed by atoms with Gasteiger partial charge in [-0.25, -0.2) is 13.6 Å². The quantitative estimate of drug-likeness (QED) is 0.908. The Balaban J connectivity index is 1.60. The molecule has 0 unspecified atom stereocenters. The van der Waals surface area contributed by atoms with Crippen LogP contribution in [0.3, 0.4) is 0 Å². The minimum Gasteiger partial charge on any atom is -0.326 e. The summed E-state index contributed by atoms with van der Waals surface area (Å²) in [6, 6.07) is 9.72. The molecule has 0 aliphatic carbocycles. The van der Waals surface area contributed by atoms with E-state index in [2.05, 4.69) is 10.6 Å². The highest BCUT2D eigenvalue weighted by Crippen LogP contribution is 2.22. The van der Waals surface area contributed by atoms with E-state index in [1.165, 1.54) is 53.4 Å². The van der Waals surface area contributed by atoms with Crippen molar-refractivity contribution in [2.24, 2.45) is 0 Å². The zero-order chi connectivity index (χ0) is 17.1. The predicted molar refractivity (Wildman–Crippen MR) is 85.7 cm³/mol. The van der Waals surface area contributed by atoms with Crippen molar-refractivity contribution < 1.29 is 18.4 Å². The van der Waals surface area contributed by atoms with Gasteiger partial charge in [0.05, 0.1) is 0 Å². The standard InChI is InChI=1S/C17H15F2N3O2/c18-11-1-5-13(6-2-11)20-17(24)21-15-9-10-22(16(15)23)14-7-3-12(19)4-8-14/h1-8,15H,9-10H2,(H2,20,21,24)/t15-/m1/s1. The summed E-state index contributed by atoms with van der Waals surface area (Å²) in [4.78, 5) is 25.8. The van der Waals surface area contributed by atoms with Gasteiger partial charge in [-0.1, -0.05) is 0 Å². The van der Waals surface area contributed by atoms with Crippen molar-refractivity contribution in [2.75, 3.05) is 16.8 Å². The molecular weight excluding hydrogens is 316 g/mol. The number of amides is 3. The third kappa shape index (κ3) is 3.51. The maximum absolute atomic E-state index is 13.0. The van der Waals surface area contributed by atoms with Crippen LogP contribution in [-0.4, -0.2) is 24.5 Å². The Kier molecular flexibility index (Phi) is 4.41. The zero-order valence-corrected chi connectivity index (χ0v) is 12.6. The second kappa shape index (κ2) is 6.66. The van der Waals surface area contributed by atoms with Gasteiger partial charge in [-0.05, 0) is 55.0 Å². The van der Waals surface area contributed by atoms with E-state index in [-0.39, 0.29) is 11.7 Å². The lowest BCUT2D eigenvalue weighted by atomic mass is 10.2. The summed E-state index contributed by atoms with van der Waals surface area (Å²) in [5.41, 5.74) is 1.01. The van der Waals surface area contributed by atoms with Gasteiger partial charge in [-0.2, -0.15) is 0 Å². The smallest absolute Gasteiger partial charge is 0.319 e. The molecule has 0 aromatic heterocycles. The molecule has 3 amide bonds. The van der Waals surface area contributed by atoms with E-state index in [9.17, 15) is 18.4 Å². The van der Waals surface area contributed by atoms with Crippen LogP contribution in [0, 0.1) is 11.6 Å². The van der Waals surface area contributed by atoms with Crippen LogP contribution in [0.15, 0.2) is 48.5 Å². The van der Waals surface area contributed by atoms with Crippen molar-refractivity contribution in [1.82, 2.24) is 5.32 Å². The van der Waals surface area contributed by atoms with Gasteiger partial charge >= 0.3 is 6.03 Å². The maximum Gasteiger partial charge on any atom is 0.319 e. The van der Waals surface area contributed by atoms with E-state index < -0.39 is 17.9 Å². The molecule has 2 N–H and O–H groups in total. The molecular formula is C17H15F2N3O2. The van der Waals surface area contributed by atoms with Gasteiger partial charge in [0.25, 0.3) is 0 Å². The third-order valence-electron chi connectivity index (χ3n) is 3.75.